The van der Waals surface area contributed by atoms with Crippen molar-refractivity contribution < 1.29 is 4.74 Å². The number of hydrogen-bond acceptors (Lipinski definition) is 3. The van der Waals surface area contributed by atoms with E-state index in [2.05, 4.69) is 72.3 Å². The van der Waals surface area contributed by atoms with Crippen LogP contribution in [0.4, 0.5) is 0 Å². The van der Waals surface area contributed by atoms with Crippen LogP contribution in [0, 0.1) is 0 Å². The molecule has 3 heteroatoms. The maximum Gasteiger partial charge on any atom is 0.118 e. The molecule has 0 aliphatic carbocycles. The van der Waals surface area contributed by atoms with Crippen molar-refractivity contribution in [1.82, 2.24) is 9.80 Å². The topological polar surface area (TPSA) is 15.7 Å². The molecule has 2 aromatic rings. The van der Waals surface area contributed by atoms with Crippen LogP contribution in [-0.2, 0) is 13.0 Å². The van der Waals surface area contributed by atoms with Gasteiger partial charge in [-0.05, 0) is 42.3 Å². The molecule has 1 heterocycles. The fraction of sp³-hybridized carbons (Fsp3) is 0.429. The Balaban J connectivity index is 1.73. The predicted octanol–water partition coefficient (Wildman–Crippen LogP) is 3.75. The highest BCUT2D eigenvalue weighted by Gasteiger charge is 2.26. The van der Waals surface area contributed by atoms with Crippen LogP contribution in [0.1, 0.15) is 29.7 Å². The SMILES string of the molecule is CCc1ccccc1C1CN(Cc2ccc(OC)cc2)CCN1C. The molecular formula is C21H28N2O. The standard InChI is InChI=1S/C21H28N2O/c1-4-18-7-5-6-8-20(18)21-16-23(14-13-22(21)2)15-17-9-11-19(24-3)12-10-17/h5-12,21H,4,13-16H2,1-3H3. The second-order valence-electron chi connectivity index (χ2n) is 6.63. The summed E-state index contributed by atoms with van der Waals surface area (Å²) < 4.78 is 5.25. The minimum absolute atomic E-state index is 0.480. The van der Waals surface area contributed by atoms with Crippen molar-refractivity contribution in [2.24, 2.45) is 0 Å². The van der Waals surface area contributed by atoms with Gasteiger partial charge < -0.3 is 4.74 Å². The van der Waals surface area contributed by atoms with Crippen molar-refractivity contribution in [3.8, 4) is 5.75 Å². The van der Waals surface area contributed by atoms with Crippen molar-refractivity contribution in [2.75, 3.05) is 33.8 Å². The number of methoxy groups -OCH3 is 1. The van der Waals surface area contributed by atoms with Gasteiger partial charge in [0.1, 0.15) is 5.75 Å². The van der Waals surface area contributed by atoms with Crippen LogP contribution < -0.4 is 4.74 Å². The summed E-state index contributed by atoms with van der Waals surface area (Å²) in [5.74, 6) is 0.923. The summed E-state index contributed by atoms with van der Waals surface area (Å²) in [4.78, 5) is 5.07. The number of rotatable bonds is 5. The first kappa shape index (κ1) is 17.0. The van der Waals surface area contributed by atoms with E-state index in [1.807, 2.05) is 0 Å². The van der Waals surface area contributed by atoms with Crippen molar-refractivity contribution in [3.63, 3.8) is 0 Å². The molecule has 3 nitrogen and oxygen atoms in total. The molecule has 24 heavy (non-hydrogen) atoms. The molecule has 0 amide bonds. The highest BCUT2D eigenvalue weighted by Crippen LogP contribution is 2.28. The molecule has 1 saturated heterocycles. The van der Waals surface area contributed by atoms with Gasteiger partial charge in [-0.2, -0.15) is 0 Å². The molecule has 3 rings (SSSR count). The molecule has 1 atom stereocenters. The molecule has 128 valence electrons. The number of likely N-dealkylation sites (N-methyl/N-ethyl adjacent to an activating group) is 1. The predicted molar refractivity (Wildman–Crippen MR) is 99.5 cm³/mol. The lowest BCUT2D eigenvalue weighted by molar-refractivity contribution is 0.0900. The summed E-state index contributed by atoms with van der Waals surface area (Å²) in [6.07, 6.45) is 1.10. The molecule has 0 radical (unpaired) electrons. The van der Waals surface area contributed by atoms with Gasteiger partial charge in [0.25, 0.3) is 0 Å². The molecular weight excluding hydrogens is 296 g/mol. The molecule has 1 fully saturated rings. The van der Waals surface area contributed by atoms with Crippen molar-refractivity contribution in [1.29, 1.82) is 0 Å². The second-order valence-corrected chi connectivity index (χ2v) is 6.63. The van der Waals surface area contributed by atoms with Gasteiger partial charge in [0, 0.05) is 32.2 Å². The molecule has 1 aliphatic heterocycles. The fourth-order valence-electron chi connectivity index (χ4n) is 3.58. The largest absolute Gasteiger partial charge is 0.497 e. The Morgan fingerprint density at radius 1 is 1.04 bits per heavy atom. The normalized spacial score (nSPS) is 19.4. The minimum atomic E-state index is 0.480. The highest BCUT2D eigenvalue weighted by molar-refractivity contribution is 5.31. The van der Waals surface area contributed by atoms with Gasteiger partial charge in [-0.15, -0.1) is 0 Å². The third-order valence-corrected chi connectivity index (χ3v) is 5.09. The van der Waals surface area contributed by atoms with Crippen LogP contribution in [-0.4, -0.2) is 43.6 Å². The zero-order valence-corrected chi connectivity index (χ0v) is 15.0. The van der Waals surface area contributed by atoms with E-state index in [0.29, 0.717) is 6.04 Å². The molecule has 0 bridgehead atoms. The van der Waals surface area contributed by atoms with E-state index in [-0.39, 0.29) is 0 Å². The molecule has 0 spiro atoms. The summed E-state index contributed by atoms with van der Waals surface area (Å²) in [6.45, 7) is 6.56. The third-order valence-electron chi connectivity index (χ3n) is 5.09. The van der Waals surface area contributed by atoms with E-state index in [1.54, 1.807) is 7.11 Å². The van der Waals surface area contributed by atoms with Gasteiger partial charge in [-0.25, -0.2) is 0 Å². The van der Waals surface area contributed by atoms with Crippen molar-refractivity contribution in [3.05, 3.63) is 65.2 Å². The van der Waals surface area contributed by atoms with Gasteiger partial charge in [0.15, 0.2) is 0 Å². The Kier molecular flexibility index (Phi) is 5.54. The van der Waals surface area contributed by atoms with E-state index >= 15 is 0 Å². The molecule has 2 aromatic carbocycles. The molecule has 1 aliphatic rings. The van der Waals surface area contributed by atoms with E-state index < -0.39 is 0 Å². The Morgan fingerprint density at radius 2 is 1.79 bits per heavy atom. The first-order chi connectivity index (χ1) is 11.7. The summed E-state index contributed by atoms with van der Waals surface area (Å²) in [5.41, 5.74) is 4.31. The van der Waals surface area contributed by atoms with E-state index in [9.17, 15) is 0 Å². The fourth-order valence-corrected chi connectivity index (χ4v) is 3.58. The minimum Gasteiger partial charge on any atom is -0.497 e. The zero-order valence-electron chi connectivity index (χ0n) is 15.0. The van der Waals surface area contributed by atoms with Crippen LogP contribution in [0.3, 0.4) is 0 Å². The number of ether oxygens (including phenoxy) is 1. The monoisotopic (exact) mass is 324 g/mol. The Bertz CT molecular complexity index is 653. The van der Waals surface area contributed by atoms with E-state index in [0.717, 1.165) is 38.3 Å². The van der Waals surface area contributed by atoms with Gasteiger partial charge in [0.2, 0.25) is 0 Å². The first-order valence-corrected chi connectivity index (χ1v) is 8.84. The van der Waals surface area contributed by atoms with Crippen LogP contribution in [0.15, 0.2) is 48.5 Å². The van der Waals surface area contributed by atoms with Gasteiger partial charge in [-0.1, -0.05) is 43.3 Å². The Labute approximate surface area is 145 Å². The number of aryl methyl sites for hydroxylation is 1. The smallest absolute Gasteiger partial charge is 0.118 e. The van der Waals surface area contributed by atoms with Crippen molar-refractivity contribution in [2.45, 2.75) is 25.9 Å². The molecule has 0 aromatic heterocycles. The van der Waals surface area contributed by atoms with Crippen LogP contribution in [0.25, 0.3) is 0 Å². The zero-order chi connectivity index (χ0) is 16.9. The van der Waals surface area contributed by atoms with Crippen LogP contribution >= 0.6 is 0 Å². The summed E-state index contributed by atoms with van der Waals surface area (Å²) in [7, 11) is 3.97. The number of nitrogens with zero attached hydrogens (tertiary/aromatic N) is 2. The first-order valence-electron chi connectivity index (χ1n) is 8.84. The number of benzene rings is 2. The second kappa shape index (κ2) is 7.82. The third kappa shape index (κ3) is 3.80. The Morgan fingerprint density at radius 3 is 2.50 bits per heavy atom. The average molecular weight is 324 g/mol. The van der Waals surface area contributed by atoms with Crippen LogP contribution in [0.5, 0.6) is 5.75 Å². The van der Waals surface area contributed by atoms with Crippen LogP contribution in [0.2, 0.25) is 0 Å². The van der Waals surface area contributed by atoms with Gasteiger partial charge in [-0.3, -0.25) is 9.80 Å². The molecule has 1 unspecified atom stereocenters. The lowest BCUT2D eigenvalue weighted by Crippen LogP contribution is -2.46. The van der Waals surface area contributed by atoms with Gasteiger partial charge >= 0.3 is 0 Å². The maximum atomic E-state index is 5.25. The van der Waals surface area contributed by atoms with Crippen molar-refractivity contribution >= 4 is 0 Å². The number of hydrogen-bond donors (Lipinski definition) is 0. The van der Waals surface area contributed by atoms with Gasteiger partial charge in [0.05, 0.1) is 7.11 Å². The summed E-state index contributed by atoms with van der Waals surface area (Å²) in [6, 6.07) is 17.8. The molecule has 0 saturated carbocycles. The lowest BCUT2D eigenvalue weighted by atomic mass is 9.95. The lowest BCUT2D eigenvalue weighted by Gasteiger charge is -2.40. The number of piperazine rings is 1. The average Bonchev–Trinajstić information content (AvgIpc) is 2.64. The Hall–Kier alpha value is -1.84. The summed E-state index contributed by atoms with van der Waals surface area (Å²) in [5, 5.41) is 0. The summed E-state index contributed by atoms with van der Waals surface area (Å²) >= 11 is 0. The molecule has 0 N–H and O–H groups in total. The quantitative estimate of drug-likeness (QED) is 0.833. The van der Waals surface area contributed by atoms with E-state index in [1.165, 1.54) is 16.7 Å². The highest BCUT2D eigenvalue weighted by atomic mass is 16.5. The van der Waals surface area contributed by atoms with E-state index in [4.69, 9.17) is 4.74 Å². The maximum absolute atomic E-state index is 5.25.